The molecule has 3 aromatic rings. The molecule has 150 valence electrons. The summed E-state index contributed by atoms with van der Waals surface area (Å²) < 4.78 is 16.2. The summed E-state index contributed by atoms with van der Waals surface area (Å²) in [5, 5.41) is 3.18. The molecule has 1 amide bonds. The lowest BCUT2D eigenvalue weighted by atomic mass is 10.2. The van der Waals surface area contributed by atoms with E-state index < -0.39 is 0 Å². The number of amides is 1. The van der Waals surface area contributed by atoms with E-state index in [0.717, 1.165) is 10.3 Å². The van der Waals surface area contributed by atoms with Crippen LogP contribution in [0.2, 0.25) is 0 Å². The van der Waals surface area contributed by atoms with Crippen molar-refractivity contribution in [3.63, 3.8) is 0 Å². The first-order valence-electron chi connectivity index (χ1n) is 8.83. The van der Waals surface area contributed by atoms with Crippen LogP contribution in [0.5, 0.6) is 11.5 Å². The number of benzene rings is 2. The summed E-state index contributed by atoms with van der Waals surface area (Å²) in [4.78, 5) is 28.5. The molecule has 1 aromatic heterocycles. The van der Waals surface area contributed by atoms with Crippen LogP contribution in [0, 0.1) is 0 Å². The van der Waals surface area contributed by atoms with Gasteiger partial charge in [-0.25, -0.2) is 9.78 Å². The Hall–Kier alpha value is -3.39. The van der Waals surface area contributed by atoms with E-state index in [4.69, 9.17) is 14.2 Å². The van der Waals surface area contributed by atoms with Crippen LogP contribution in [0.1, 0.15) is 22.8 Å². The predicted octanol–water partition coefficient (Wildman–Crippen LogP) is 4.14. The Bertz CT molecular complexity index is 1070. The van der Waals surface area contributed by atoms with E-state index in [1.807, 2.05) is 6.07 Å². The molecule has 0 spiro atoms. The zero-order valence-corrected chi connectivity index (χ0v) is 17.0. The number of rotatable bonds is 7. The molecule has 0 aliphatic carbocycles. The Morgan fingerprint density at radius 2 is 1.90 bits per heavy atom. The number of ether oxygens (including phenoxy) is 3. The van der Waals surface area contributed by atoms with Crippen molar-refractivity contribution in [3.8, 4) is 11.5 Å². The van der Waals surface area contributed by atoms with E-state index in [0.29, 0.717) is 34.3 Å². The van der Waals surface area contributed by atoms with E-state index in [1.165, 1.54) is 17.4 Å². The monoisotopic (exact) mass is 412 g/mol. The molecule has 0 saturated carbocycles. The number of anilines is 1. The third kappa shape index (κ3) is 4.91. The number of thiazole rings is 1. The van der Waals surface area contributed by atoms with Crippen molar-refractivity contribution < 1.29 is 23.8 Å². The summed E-state index contributed by atoms with van der Waals surface area (Å²) in [5.74, 6) is 0.500. The van der Waals surface area contributed by atoms with Crippen LogP contribution in [-0.2, 0) is 9.53 Å². The summed E-state index contributed by atoms with van der Waals surface area (Å²) >= 11 is 1.29. The van der Waals surface area contributed by atoms with Gasteiger partial charge in [-0.3, -0.25) is 10.1 Å². The van der Waals surface area contributed by atoms with Crippen molar-refractivity contribution in [3.05, 3.63) is 53.6 Å². The van der Waals surface area contributed by atoms with Gasteiger partial charge in [0.1, 0.15) is 0 Å². The molecule has 0 atom stereocenters. The van der Waals surface area contributed by atoms with Gasteiger partial charge < -0.3 is 14.2 Å². The van der Waals surface area contributed by atoms with Gasteiger partial charge in [-0.2, -0.15) is 0 Å². The van der Waals surface area contributed by atoms with Gasteiger partial charge in [-0.05, 0) is 48.9 Å². The van der Waals surface area contributed by atoms with E-state index in [9.17, 15) is 9.59 Å². The fraction of sp³-hybridized carbons (Fsp3) is 0.190. The third-order valence-corrected chi connectivity index (χ3v) is 4.90. The van der Waals surface area contributed by atoms with Gasteiger partial charge in [0.05, 0.1) is 36.6 Å². The molecule has 2 aromatic carbocycles. The lowest BCUT2D eigenvalue weighted by Gasteiger charge is -2.07. The summed E-state index contributed by atoms with van der Waals surface area (Å²) in [5.41, 5.74) is 1.94. The van der Waals surface area contributed by atoms with Crippen LogP contribution in [0.15, 0.2) is 42.5 Å². The van der Waals surface area contributed by atoms with Gasteiger partial charge in [0.2, 0.25) is 5.91 Å². The van der Waals surface area contributed by atoms with Crippen LogP contribution in [0.3, 0.4) is 0 Å². The molecular weight excluding hydrogens is 392 g/mol. The van der Waals surface area contributed by atoms with Crippen molar-refractivity contribution in [1.82, 2.24) is 4.98 Å². The maximum atomic E-state index is 12.2. The minimum atomic E-state index is -0.383. The van der Waals surface area contributed by atoms with Crippen LogP contribution < -0.4 is 14.8 Å². The highest BCUT2D eigenvalue weighted by atomic mass is 32.1. The van der Waals surface area contributed by atoms with Gasteiger partial charge >= 0.3 is 5.97 Å². The number of carbonyl (C=O) groups excluding carboxylic acids is 2. The van der Waals surface area contributed by atoms with Gasteiger partial charge in [0.15, 0.2) is 16.6 Å². The minimum absolute atomic E-state index is 0.313. The molecule has 8 heteroatoms. The standard InChI is InChI=1S/C21H20N2O5S/c1-4-28-20(25)14-7-8-15-18(12-14)29-21(22-15)23-19(24)10-6-13-5-9-16(26-2)17(11-13)27-3/h5-12H,4H2,1-3H3,(H,22,23,24)/b10-6+. The first-order chi connectivity index (χ1) is 14.0. The molecule has 0 aliphatic heterocycles. The molecular formula is C21H20N2O5S. The molecule has 7 nitrogen and oxygen atoms in total. The average Bonchev–Trinajstić information content (AvgIpc) is 3.13. The summed E-state index contributed by atoms with van der Waals surface area (Å²) in [6, 6.07) is 10.5. The second-order valence-corrected chi connectivity index (χ2v) is 6.89. The maximum Gasteiger partial charge on any atom is 0.338 e. The van der Waals surface area contributed by atoms with Crippen molar-refractivity contribution in [2.24, 2.45) is 0 Å². The Morgan fingerprint density at radius 3 is 2.62 bits per heavy atom. The third-order valence-electron chi connectivity index (χ3n) is 3.96. The van der Waals surface area contributed by atoms with E-state index in [1.54, 1.807) is 57.6 Å². The minimum Gasteiger partial charge on any atom is -0.493 e. The zero-order valence-electron chi connectivity index (χ0n) is 16.2. The highest BCUT2D eigenvalue weighted by molar-refractivity contribution is 7.22. The Labute approximate surface area is 171 Å². The normalized spacial score (nSPS) is 10.9. The van der Waals surface area contributed by atoms with E-state index in [-0.39, 0.29) is 11.9 Å². The Kier molecular flexibility index (Phi) is 6.46. The molecule has 0 unspecified atom stereocenters. The number of fused-ring (bicyclic) bond motifs is 1. The molecule has 3 rings (SSSR count). The van der Waals surface area contributed by atoms with Crippen LogP contribution >= 0.6 is 11.3 Å². The number of hydrogen-bond acceptors (Lipinski definition) is 7. The number of aromatic nitrogens is 1. The van der Waals surface area contributed by atoms with E-state index in [2.05, 4.69) is 10.3 Å². The predicted molar refractivity (Wildman–Crippen MR) is 113 cm³/mol. The molecule has 0 radical (unpaired) electrons. The van der Waals surface area contributed by atoms with Gasteiger partial charge in [-0.1, -0.05) is 17.4 Å². The van der Waals surface area contributed by atoms with Gasteiger partial charge in [0, 0.05) is 6.08 Å². The molecule has 1 N–H and O–H groups in total. The fourth-order valence-corrected chi connectivity index (χ4v) is 3.50. The second-order valence-electron chi connectivity index (χ2n) is 5.86. The Balaban J connectivity index is 1.71. The molecule has 1 heterocycles. The van der Waals surface area contributed by atoms with Gasteiger partial charge in [0.25, 0.3) is 0 Å². The van der Waals surface area contributed by atoms with Crippen LogP contribution in [0.25, 0.3) is 16.3 Å². The average molecular weight is 412 g/mol. The number of nitrogens with zero attached hydrogens (tertiary/aromatic N) is 1. The molecule has 0 aliphatic rings. The fourth-order valence-electron chi connectivity index (χ4n) is 2.59. The van der Waals surface area contributed by atoms with Crippen molar-refractivity contribution in [2.45, 2.75) is 6.92 Å². The van der Waals surface area contributed by atoms with Gasteiger partial charge in [-0.15, -0.1) is 0 Å². The SMILES string of the molecule is CCOC(=O)c1ccc2nc(NC(=O)/C=C/c3ccc(OC)c(OC)c3)sc2c1. The largest absolute Gasteiger partial charge is 0.493 e. The summed E-state index contributed by atoms with van der Waals surface area (Å²) in [6.07, 6.45) is 3.08. The maximum absolute atomic E-state index is 12.2. The molecule has 0 bridgehead atoms. The summed E-state index contributed by atoms with van der Waals surface area (Å²) in [7, 11) is 3.12. The van der Waals surface area contributed by atoms with Crippen molar-refractivity contribution in [1.29, 1.82) is 0 Å². The van der Waals surface area contributed by atoms with Crippen molar-refractivity contribution in [2.75, 3.05) is 26.1 Å². The van der Waals surface area contributed by atoms with Crippen molar-refractivity contribution >= 4 is 44.6 Å². The zero-order chi connectivity index (χ0) is 20.8. The number of esters is 1. The Morgan fingerprint density at radius 1 is 1.10 bits per heavy atom. The smallest absolute Gasteiger partial charge is 0.338 e. The van der Waals surface area contributed by atoms with Crippen LogP contribution in [-0.4, -0.2) is 37.7 Å². The molecule has 0 fully saturated rings. The highest BCUT2D eigenvalue weighted by Gasteiger charge is 2.11. The quantitative estimate of drug-likeness (QED) is 0.464. The first kappa shape index (κ1) is 20.3. The lowest BCUT2D eigenvalue weighted by molar-refractivity contribution is -0.111. The number of carbonyl (C=O) groups is 2. The second kappa shape index (κ2) is 9.20. The topological polar surface area (TPSA) is 86.8 Å². The van der Waals surface area contributed by atoms with Crippen LogP contribution in [0.4, 0.5) is 5.13 Å². The summed E-state index contributed by atoms with van der Waals surface area (Å²) in [6.45, 7) is 2.07. The highest BCUT2D eigenvalue weighted by Crippen LogP contribution is 2.29. The molecule has 29 heavy (non-hydrogen) atoms. The lowest BCUT2D eigenvalue weighted by Crippen LogP contribution is -2.07. The van der Waals surface area contributed by atoms with E-state index >= 15 is 0 Å². The first-order valence-corrected chi connectivity index (χ1v) is 9.64. The number of nitrogens with one attached hydrogen (secondary N) is 1. The number of methoxy groups -OCH3 is 2. The molecule has 0 saturated heterocycles. The number of hydrogen-bond donors (Lipinski definition) is 1.